The predicted molar refractivity (Wildman–Crippen MR) is 111 cm³/mol. The molecule has 0 saturated carbocycles. The molecule has 4 rings (SSSR count). The molecular weight excluding hydrogens is 414 g/mol. The fourth-order valence-electron chi connectivity index (χ4n) is 3.57. The van der Waals surface area contributed by atoms with Gasteiger partial charge in [0.05, 0.1) is 11.1 Å². The maximum absolute atomic E-state index is 14.3. The lowest BCUT2D eigenvalue weighted by Crippen LogP contribution is -2.48. The second kappa shape index (κ2) is 7.87. The normalized spacial score (nSPS) is 14.2. The highest BCUT2D eigenvalue weighted by Gasteiger charge is 2.23. The molecule has 154 valence electrons. The van der Waals surface area contributed by atoms with Crippen LogP contribution in [0.2, 0.25) is 5.02 Å². The number of aromatic nitrogens is 2. The van der Waals surface area contributed by atoms with Crippen LogP contribution in [0.5, 0.6) is 5.75 Å². The SMILES string of the molecule is C=CC(=O)N1CCN(c2ncnc3cc(-c4c(F)ccc(F)c4O)c(Cl)cc23)CC1. The van der Waals surface area contributed by atoms with Crippen molar-refractivity contribution >= 4 is 34.2 Å². The molecule has 2 heterocycles. The molecule has 30 heavy (non-hydrogen) atoms. The zero-order chi connectivity index (χ0) is 21.4. The van der Waals surface area contributed by atoms with E-state index in [9.17, 15) is 18.7 Å². The van der Waals surface area contributed by atoms with E-state index in [4.69, 9.17) is 11.6 Å². The van der Waals surface area contributed by atoms with Crippen molar-refractivity contribution in [1.82, 2.24) is 14.9 Å². The molecule has 6 nitrogen and oxygen atoms in total. The number of piperazine rings is 1. The zero-order valence-electron chi connectivity index (χ0n) is 15.8. The molecule has 0 spiro atoms. The topological polar surface area (TPSA) is 69.6 Å². The Morgan fingerprint density at radius 2 is 1.83 bits per heavy atom. The summed E-state index contributed by atoms with van der Waals surface area (Å²) >= 11 is 6.39. The Bertz CT molecular complexity index is 1160. The lowest BCUT2D eigenvalue weighted by atomic mass is 10.0. The first-order valence-electron chi connectivity index (χ1n) is 9.18. The van der Waals surface area contributed by atoms with E-state index in [2.05, 4.69) is 16.5 Å². The summed E-state index contributed by atoms with van der Waals surface area (Å²) in [5.74, 6) is -2.05. The van der Waals surface area contributed by atoms with Gasteiger partial charge in [-0.05, 0) is 30.3 Å². The third-order valence-electron chi connectivity index (χ3n) is 5.12. The number of aromatic hydroxyl groups is 1. The van der Waals surface area contributed by atoms with Crippen molar-refractivity contribution in [3.8, 4) is 16.9 Å². The molecular formula is C21H17ClF2N4O2. The van der Waals surface area contributed by atoms with Crippen LogP contribution in [-0.2, 0) is 4.79 Å². The quantitative estimate of drug-likeness (QED) is 0.640. The average Bonchev–Trinajstić information content (AvgIpc) is 2.76. The van der Waals surface area contributed by atoms with Crippen molar-refractivity contribution in [3.63, 3.8) is 0 Å². The number of carbonyl (C=O) groups excluding carboxylic acids is 1. The third-order valence-corrected chi connectivity index (χ3v) is 5.43. The minimum absolute atomic E-state index is 0.119. The van der Waals surface area contributed by atoms with Gasteiger partial charge in [-0.1, -0.05) is 18.2 Å². The molecule has 1 N–H and O–H groups in total. The molecule has 1 saturated heterocycles. The monoisotopic (exact) mass is 430 g/mol. The van der Waals surface area contributed by atoms with Crippen molar-refractivity contribution in [1.29, 1.82) is 0 Å². The Labute approximate surface area is 176 Å². The van der Waals surface area contributed by atoms with E-state index in [1.807, 2.05) is 4.90 Å². The van der Waals surface area contributed by atoms with Crippen LogP contribution in [0.15, 0.2) is 43.2 Å². The van der Waals surface area contributed by atoms with E-state index in [1.165, 1.54) is 18.5 Å². The zero-order valence-corrected chi connectivity index (χ0v) is 16.5. The maximum Gasteiger partial charge on any atom is 0.246 e. The van der Waals surface area contributed by atoms with Gasteiger partial charge in [0.15, 0.2) is 11.6 Å². The molecule has 1 aliphatic heterocycles. The number of hydrogen-bond donors (Lipinski definition) is 1. The number of amides is 1. The van der Waals surface area contributed by atoms with Gasteiger partial charge in [-0.25, -0.2) is 18.7 Å². The molecule has 1 fully saturated rings. The lowest BCUT2D eigenvalue weighted by Gasteiger charge is -2.35. The molecule has 0 unspecified atom stereocenters. The summed E-state index contributed by atoms with van der Waals surface area (Å²) in [5.41, 5.74) is 0.274. The van der Waals surface area contributed by atoms with Crippen LogP contribution < -0.4 is 4.90 Å². The van der Waals surface area contributed by atoms with Gasteiger partial charge >= 0.3 is 0 Å². The van der Waals surface area contributed by atoms with Gasteiger partial charge in [0.1, 0.15) is 18.0 Å². The fraction of sp³-hybridized carbons (Fsp3) is 0.190. The van der Waals surface area contributed by atoms with Crippen LogP contribution >= 0.6 is 11.6 Å². The van der Waals surface area contributed by atoms with Crippen molar-refractivity contribution in [3.05, 3.63) is 59.9 Å². The first kappa shape index (κ1) is 20.0. The number of fused-ring (bicyclic) bond motifs is 1. The first-order chi connectivity index (χ1) is 14.4. The van der Waals surface area contributed by atoms with E-state index in [1.54, 1.807) is 11.0 Å². The molecule has 9 heteroatoms. The van der Waals surface area contributed by atoms with E-state index in [0.29, 0.717) is 42.9 Å². The lowest BCUT2D eigenvalue weighted by molar-refractivity contribution is -0.126. The van der Waals surface area contributed by atoms with Gasteiger partial charge < -0.3 is 14.9 Å². The van der Waals surface area contributed by atoms with E-state index in [-0.39, 0.29) is 22.1 Å². The molecule has 2 aromatic carbocycles. The summed E-state index contributed by atoms with van der Waals surface area (Å²) in [6, 6.07) is 4.85. The number of rotatable bonds is 3. The van der Waals surface area contributed by atoms with Crippen molar-refractivity contribution in [2.45, 2.75) is 0 Å². The van der Waals surface area contributed by atoms with Crippen molar-refractivity contribution in [2.24, 2.45) is 0 Å². The molecule has 1 amide bonds. The van der Waals surface area contributed by atoms with Crippen LogP contribution in [0.4, 0.5) is 14.6 Å². The molecule has 3 aromatic rings. The Morgan fingerprint density at radius 3 is 2.53 bits per heavy atom. The van der Waals surface area contributed by atoms with Crippen LogP contribution in [0.25, 0.3) is 22.0 Å². The third kappa shape index (κ3) is 3.43. The first-order valence-corrected chi connectivity index (χ1v) is 9.56. The molecule has 0 radical (unpaired) electrons. The second-order valence-electron chi connectivity index (χ2n) is 6.82. The summed E-state index contributed by atoms with van der Waals surface area (Å²) in [7, 11) is 0. The number of phenolic OH excluding ortho intramolecular Hbond substituents is 1. The standard InChI is InChI=1S/C21H17ClF2N4O2/c1-2-18(29)27-5-7-28(8-6-27)21-13-9-14(22)12(10-17(13)25-11-26-21)19-15(23)3-4-16(24)20(19)30/h2-4,9-11,30H,1,5-8H2. The van der Waals surface area contributed by atoms with E-state index >= 15 is 0 Å². The largest absolute Gasteiger partial charge is 0.504 e. The molecule has 1 aliphatic rings. The van der Waals surface area contributed by atoms with Crippen LogP contribution in [0.3, 0.4) is 0 Å². The number of carbonyl (C=O) groups is 1. The highest BCUT2D eigenvalue weighted by atomic mass is 35.5. The minimum atomic E-state index is -0.946. The fourth-order valence-corrected chi connectivity index (χ4v) is 3.83. The smallest absolute Gasteiger partial charge is 0.246 e. The van der Waals surface area contributed by atoms with E-state index < -0.39 is 17.4 Å². The highest BCUT2D eigenvalue weighted by molar-refractivity contribution is 6.34. The minimum Gasteiger partial charge on any atom is -0.504 e. The molecule has 0 atom stereocenters. The Hall–Kier alpha value is -3.26. The van der Waals surface area contributed by atoms with Gasteiger partial charge in [-0.3, -0.25) is 4.79 Å². The van der Waals surface area contributed by atoms with Crippen molar-refractivity contribution in [2.75, 3.05) is 31.1 Å². The summed E-state index contributed by atoms with van der Waals surface area (Å²) < 4.78 is 28.1. The van der Waals surface area contributed by atoms with Crippen LogP contribution in [0.1, 0.15) is 0 Å². The Kier molecular flexibility index (Phi) is 5.26. The van der Waals surface area contributed by atoms with Gasteiger partial charge in [-0.2, -0.15) is 0 Å². The van der Waals surface area contributed by atoms with Gasteiger partial charge in [0.2, 0.25) is 5.91 Å². The van der Waals surface area contributed by atoms with E-state index in [0.717, 1.165) is 12.1 Å². The van der Waals surface area contributed by atoms with Gasteiger partial charge in [-0.15, -0.1) is 0 Å². The van der Waals surface area contributed by atoms with Crippen molar-refractivity contribution < 1.29 is 18.7 Å². The van der Waals surface area contributed by atoms with Gasteiger partial charge in [0.25, 0.3) is 0 Å². The molecule has 0 bridgehead atoms. The Balaban J connectivity index is 1.75. The summed E-state index contributed by atoms with van der Waals surface area (Å²) in [6.45, 7) is 5.66. The number of phenols is 1. The van der Waals surface area contributed by atoms with Crippen LogP contribution in [-0.4, -0.2) is 52.1 Å². The Morgan fingerprint density at radius 1 is 1.13 bits per heavy atom. The van der Waals surface area contributed by atoms with Crippen LogP contribution in [0, 0.1) is 11.6 Å². The number of benzene rings is 2. The summed E-state index contributed by atoms with van der Waals surface area (Å²) in [4.78, 5) is 24.1. The maximum atomic E-state index is 14.3. The molecule has 1 aromatic heterocycles. The second-order valence-corrected chi connectivity index (χ2v) is 7.22. The summed E-state index contributed by atoms with van der Waals surface area (Å²) in [6.07, 6.45) is 2.66. The van der Waals surface area contributed by atoms with Gasteiger partial charge in [0, 0.05) is 42.2 Å². The number of halogens is 3. The number of nitrogens with zero attached hydrogens (tertiary/aromatic N) is 4. The molecule has 0 aliphatic carbocycles. The number of hydrogen-bond acceptors (Lipinski definition) is 5. The average molecular weight is 431 g/mol. The predicted octanol–water partition coefficient (Wildman–Crippen LogP) is 3.77. The summed E-state index contributed by atoms with van der Waals surface area (Å²) in [5, 5.41) is 10.8. The number of anilines is 1. The highest BCUT2D eigenvalue weighted by Crippen LogP contribution is 2.40.